The molecule has 0 amide bonds. The highest BCUT2D eigenvalue weighted by Gasteiger charge is 2.25. The van der Waals surface area contributed by atoms with Crippen molar-refractivity contribution < 1.29 is 4.42 Å². The van der Waals surface area contributed by atoms with Gasteiger partial charge in [0, 0.05) is 38.9 Å². The molecule has 0 saturated carbocycles. The summed E-state index contributed by atoms with van der Waals surface area (Å²) in [5, 5.41) is 7.14. The van der Waals surface area contributed by atoms with Crippen LogP contribution in [0.4, 0.5) is 17.1 Å². The maximum absolute atomic E-state index is 6.68. The van der Waals surface area contributed by atoms with Gasteiger partial charge in [-0.15, -0.1) is 0 Å². The fourth-order valence-electron chi connectivity index (χ4n) is 9.18. The van der Waals surface area contributed by atoms with Gasteiger partial charge in [0.05, 0.1) is 16.4 Å². The van der Waals surface area contributed by atoms with Crippen molar-refractivity contribution in [1.82, 2.24) is 4.57 Å². The minimum atomic E-state index is 0.904. The highest BCUT2D eigenvalue weighted by molar-refractivity contribution is 6.24. The Morgan fingerprint density at radius 3 is 1.76 bits per heavy atom. The SMILES string of the molecule is c1ccc(N(c2ccccc2)c2cc(-c3ccc4c5c(cccc35)-c3ccccc3-4)cc(-n3c4ccccc4c4c5oc6ccccc6c5ccc43)c2)cc1. The Morgan fingerprint density at radius 2 is 0.982 bits per heavy atom. The largest absolute Gasteiger partial charge is 0.455 e. The molecule has 3 nitrogen and oxygen atoms in total. The molecule has 0 N–H and O–H groups in total. The molecular formula is C52H32N2O. The molecule has 256 valence electrons. The Kier molecular flexibility index (Phi) is 6.34. The predicted molar refractivity (Wildman–Crippen MR) is 230 cm³/mol. The summed E-state index contributed by atoms with van der Waals surface area (Å²) in [6, 6.07) is 70.2. The third-order valence-corrected chi connectivity index (χ3v) is 11.5. The van der Waals surface area contributed by atoms with Crippen LogP contribution in [0, 0.1) is 0 Å². The van der Waals surface area contributed by atoms with E-state index in [1.165, 1.54) is 44.0 Å². The van der Waals surface area contributed by atoms with Crippen LogP contribution in [0.1, 0.15) is 0 Å². The standard InChI is InChI=1S/C52H32N2O/c1-3-14-34(15-4-1)53(35-16-5-2-6-17-35)36-30-33(38-26-27-44-40-19-8-7-18-39(40)43-23-13-22-42(38)50(43)44)31-37(32-36)54-47-24-11-9-21-46(47)51-48(54)29-28-45-41-20-10-12-25-49(41)55-52(45)51/h1-32H. The molecule has 0 atom stereocenters. The first kappa shape index (κ1) is 30.1. The molecule has 3 heteroatoms. The lowest BCUT2D eigenvalue weighted by Crippen LogP contribution is -2.10. The van der Waals surface area contributed by atoms with Crippen LogP contribution >= 0.6 is 0 Å². The van der Waals surface area contributed by atoms with Crippen LogP contribution in [-0.4, -0.2) is 4.57 Å². The van der Waals surface area contributed by atoms with Gasteiger partial charge in [-0.1, -0.05) is 127 Å². The van der Waals surface area contributed by atoms with Crippen molar-refractivity contribution in [3.05, 3.63) is 194 Å². The van der Waals surface area contributed by atoms with E-state index in [2.05, 4.69) is 198 Å². The molecule has 0 aliphatic heterocycles. The molecule has 0 bridgehead atoms. The molecule has 2 aromatic heterocycles. The molecule has 0 spiro atoms. The number of nitrogens with zero attached hydrogens (tertiary/aromatic N) is 2. The topological polar surface area (TPSA) is 21.3 Å². The Morgan fingerprint density at radius 1 is 0.364 bits per heavy atom. The Labute approximate surface area is 317 Å². The molecule has 9 aromatic carbocycles. The van der Waals surface area contributed by atoms with Crippen LogP contribution in [0.5, 0.6) is 0 Å². The lowest BCUT2D eigenvalue weighted by atomic mass is 9.93. The van der Waals surface area contributed by atoms with Crippen LogP contribution < -0.4 is 4.90 Å². The van der Waals surface area contributed by atoms with Gasteiger partial charge >= 0.3 is 0 Å². The molecule has 2 heterocycles. The molecule has 12 rings (SSSR count). The van der Waals surface area contributed by atoms with Crippen LogP contribution in [0.15, 0.2) is 199 Å². The smallest absolute Gasteiger partial charge is 0.145 e. The van der Waals surface area contributed by atoms with Crippen molar-refractivity contribution in [2.75, 3.05) is 4.90 Å². The average molecular weight is 701 g/mol. The van der Waals surface area contributed by atoms with Crippen LogP contribution in [0.2, 0.25) is 0 Å². The maximum Gasteiger partial charge on any atom is 0.145 e. The lowest BCUT2D eigenvalue weighted by molar-refractivity contribution is 0.673. The molecule has 0 radical (unpaired) electrons. The van der Waals surface area contributed by atoms with Gasteiger partial charge in [-0.3, -0.25) is 0 Å². The maximum atomic E-state index is 6.68. The number of rotatable bonds is 5. The van der Waals surface area contributed by atoms with Gasteiger partial charge in [0.15, 0.2) is 0 Å². The number of para-hydroxylation sites is 4. The fraction of sp³-hybridized carbons (Fsp3) is 0. The molecule has 0 unspecified atom stereocenters. The van der Waals surface area contributed by atoms with E-state index in [-0.39, 0.29) is 0 Å². The molecule has 0 saturated heterocycles. The fourth-order valence-corrected chi connectivity index (χ4v) is 9.18. The zero-order valence-electron chi connectivity index (χ0n) is 29.8. The van der Waals surface area contributed by atoms with Gasteiger partial charge in [-0.05, 0) is 111 Å². The first-order valence-corrected chi connectivity index (χ1v) is 18.9. The highest BCUT2D eigenvalue weighted by atomic mass is 16.3. The molecule has 1 aliphatic carbocycles. The van der Waals surface area contributed by atoms with Crippen molar-refractivity contribution in [3.8, 4) is 39.1 Å². The lowest BCUT2D eigenvalue weighted by Gasteiger charge is -2.27. The van der Waals surface area contributed by atoms with E-state index in [0.717, 1.165) is 66.7 Å². The van der Waals surface area contributed by atoms with Crippen LogP contribution in [0.3, 0.4) is 0 Å². The molecule has 0 fully saturated rings. The van der Waals surface area contributed by atoms with Gasteiger partial charge in [0.2, 0.25) is 0 Å². The Balaban J connectivity index is 1.18. The number of furan rings is 1. The second-order valence-electron chi connectivity index (χ2n) is 14.5. The quantitative estimate of drug-likeness (QED) is 0.178. The van der Waals surface area contributed by atoms with Crippen molar-refractivity contribution in [2.45, 2.75) is 0 Å². The molecule has 55 heavy (non-hydrogen) atoms. The minimum absolute atomic E-state index is 0.904. The van der Waals surface area contributed by atoms with Gasteiger partial charge < -0.3 is 13.9 Å². The monoisotopic (exact) mass is 700 g/mol. The summed E-state index contributed by atoms with van der Waals surface area (Å²) in [5.74, 6) is 0. The number of anilines is 3. The summed E-state index contributed by atoms with van der Waals surface area (Å²) in [7, 11) is 0. The van der Waals surface area contributed by atoms with Gasteiger partial charge in [-0.25, -0.2) is 0 Å². The zero-order chi connectivity index (χ0) is 36.0. The van der Waals surface area contributed by atoms with Crippen molar-refractivity contribution in [2.24, 2.45) is 0 Å². The van der Waals surface area contributed by atoms with E-state index >= 15 is 0 Å². The summed E-state index contributed by atoms with van der Waals surface area (Å²) >= 11 is 0. The summed E-state index contributed by atoms with van der Waals surface area (Å²) in [6.45, 7) is 0. The first-order valence-electron chi connectivity index (χ1n) is 18.9. The molecule has 11 aromatic rings. The summed E-state index contributed by atoms with van der Waals surface area (Å²) in [4.78, 5) is 2.37. The number of hydrogen-bond acceptors (Lipinski definition) is 2. The molecule has 1 aliphatic rings. The van der Waals surface area contributed by atoms with E-state index in [0.29, 0.717) is 0 Å². The minimum Gasteiger partial charge on any atom is -0.455 e. The first-order chi connectivity index (χ1) is 27.3. The predicted octanol–water partition coefficient (Wildman–Crippen LogP) is 14.6. The van der Waals surface area contributed by atoms with E-state index < -0.39 is 0 Å². The van der Waals surface area contributed by atoms with E-state index in [1.54, 1.807) is 0 Å². The van der Waals surface area contributed by atoms with Crippen molar-refractivity contribution in [1.29, 1.82) is 0 Å². The van der Waals surface area contributed by atoms with Crippen molar-refractivity contribution in [3.63, 3.8) is 0 Å². The van der Waals surface area contributed by atoms with Crippen LogP contribution in [0.25, 0.3) is 93.6 Å². The Bertz CT molecular complexity index is 3250. The normalized spacial score (nSPS) is 12.0. The summed E-state index contributed by atoms with van der Waals surface area (Å²) < 4.78 is 9.10. The second kappa shape index (κ2) is 11.6. The van der Waals surface area contributed by atoms with Crippen molar-refractivity contribution >= 4 is 71.6 Å². The zero-order valence-corrected chi connectivity index (χ0v) is 29.8. The van der Waals surface area contributed by atoms with E-state index in [9.17, 15) is 0 Å². The number of hydrogen-bond donors (Lipinski definition) is 0. The van der Waals surface area contributed by atoms with E-state index in [1.807, 2.05) is 6.07 Å². The summed E-state index contributed by atoms with van der Waals surface area (Å²) in [6.07, 6.45) is 0. The second-order valence-corrected chi connectivity index (χ2v) is 14.5. The van der Waals surface area contributed by atoms with Gasteiger partial charge in [-0.2, -0.15) is 0 Å². The third-order valence-electron chi connectivity index (χ3n) is 11.5. The Hall–Kier alpha value is -7.36. The average Bonchev–Trinajstić information content (AvgIpc) is 3.90. The van der Waals surface area contributed by atoms with E-state index in [4.69, 9.17) is 4.42 Å². The molecular weight excluding hydrogens is 669 g/mol. The number of aromatic nitrogens is 1. The third kappa shape index (κ3) is 4.38. The van der Waals surface area contributed by atoms with Crippen LogP contribution in [-0.2, 0) is 0 Å². The van der Waals surface area contributed by atoms with Gasteiger partial charge in [0.1, 0.15) is 11.2 Å². The summed E-state index contributed by atoms with van der Waals surface area (Å²) in [5.41, 5.74) is 16.0. The van der Waals surface area contributed by atoms with Gasteiger partial charge in [0.25, 0.3) is 0 Å². The number of fused-ring (bicyclic) bond motifs is 10. The highest BCUT2D eigenvalue weighted by Crippen LogP contribution is 2.50. The number of benzene rings is 9.